The van der Waals surface area contributed by atoms with Crippen molar-refractivity contribution in [3.05, 3.63) is 40.6 Å². The average molecular weight is 737 g/mol. The summed E-state index contributed by atoms with van der Waals surface area (Å²) in [6.07, 6.45) is -16.2. The SMILES string of the molecule is CC(=O)O[C@@H]1[C@@H](OC(C)=O)[C@H](C)O[C@H](OC[C@H]2O[C@H](Oc3c(-c4ccc(O)c(O)c4)oc4cc(O)cc(O)c4c3=O)[C@H](O)[C@H](O)[C@H]2O)[C@@H]1OC(C)=O. The summed E-state index contributed by atoms with van der Waals surface area (Å²) in [5, 5.41) is 72.5. The van der Waals surface area contributed by atoms with Crippen LogP contribution in [-0.4, -0.2) is 122 Å². The highest BCUT2D eigenvalue weighted by Crippen LogP contribution is 2.39. The standard InChI is InChI=1S/C33H36O19/c1-11-27(47-12(2)34)30(48-13(3)35)31(49-14(4)36)33(46-11)45-10-21-23(41)25(43)26(44)32(51-21)52-29-24(42)22-19(40)8-16(37)9-20(22)50-28(29)15-5-6-17(38)18(39)7-15/h5-9,11,21,23,25-27,30-33,37-41,43-44H,10H2,1-4H3/t11-,21+,23-,25+,26+,27-,30+,31+,32+,33-/m0/s1. The van der Waals surface area contributed by atoms with Crippen molar-refractivity contribution < 1.29 is 87.7 Å². The van der Waals surface area contributed by atoms with Crippen LogP contribution in [0.25, 0.3) is 22.3 Å². The number of phenols is 4. The number of fused-ring (bicyclic) bond motifs is 1. The normalized spacial score (nSPS) is 28.9. The van der Waals surface area contributed by atoms with E-state index in [1.54, 1.807) is 0 Å². The van der Waals surface area contributed by atoms with Gasteiger partial charge in [-0.15, -0.1) is 0 Å². The van der Waals surface area contributed by atoms with Gasteiger partial charge in [-0.3, -0.25) is 19.2 Å². The number of benzene rings is 2. The zero-order chi connectivity index (χ0) is 38.2. The molecule has 0 amide bonds. The van der Waals surface area contributed by atoms with Gasteiger partial charge in [-0.2, -0.15) is 0 Å². The van der Waals surface area contributed by atoms with Gasteiger partial charge in [0.15, 0.2) is 41.9 Å². The second kappa shape index (κ2) is 15.2. The fourth-order valence-corrected chi connectivity index (χ4v) is 5.79. The van der Waals surface area contributed by atoms with Crippen molar-refractivity contribution in [2.75, 3.05) is 6.61 Å². The summed E-state index contributed by atoms with van der Waals surface area (Å²) in [4.78, 5) is 49.6. The monoisotopic (exact) mass is 736 g/mol. The third kappa shape index (κ3) is 7.83. The number of aromatic hydroxyl groups is 4. The van der Waals surface area contributed by atoms with Gasteiger partial charge in [0.2, 0.25) is 17.5 Å². The van der Waals surface area contributed by atoms with E-state index in [4.69, 9.17) is 37.6 Å². The van der Waals surface area contributed by atoms with E-state index in [2.05, 4.69) is 0 Å². The fourth-order valence-electron chi connectivity index (χ4n) is 5.79. The highest BCUT2D eigenvalue weighted by Gasteiger charge is 2.52. The molecule has 10 atom stereocenters. The molecule has 19 nitrogen and oxygen atoms in total. The number of rotatable bonds is 9. The molecular weight excluding hydrogens is 700 g/mol. The Hall–Kier alpha value is -5.18. The molecule has 0 bridgehead atoms. The lowest BCUT2D eigenvalue weighted by Gasteiger charge is -2.44. The topological polar surface area (TPSA) is 288 Å². The Balaban J connectivity index is 1.46. The van der Waals surface area contributed by atoms with Crippen LogP contribution in [0.3, 0.4) is 0 Å². The Kier molecular flexibility index (Phi) is 11.1. The Bertz CT molecular complexity index is 1890. The van der Waals surface area contributed by atoms with Crippen LogP contribution >= 0.6 is 0 Å². The summed E-state index contributed by atoms with van der Waals surface area (Å²) >= 11 is 0. The molecule has 7 N–H and O–H groups in total. The number of carbonyl (C=O) groups excluding carboxylic acids is 3. The van der Waals surface area contributed by atoms with Crippen molar-refractivity contribution in [3.8, 4) is 40.1 Å². The van der Waals surface area contributed by atoms with E-state index >= 15 is 0 Å². The summed E-state index contributed by atoms with van der Waals surface area (Å²) in [5.74, 6) is -5.94. The molecule has 0 spiro atoms. The molecule has 0 aliphatic carbocycles. The maximum atomic E-state index is 13.8. The Morgan fingerprint density at radius 2 is 1.37 bits per heavy atom. The van der Waals surface area contributed by atoms with Gasteiger partial charge in [-0.05, 0) is 25.1 Å². The van der Waals surface area contributed by atoms with E-state index in [1.807, 2.05) is 0 Å². The molecule has 0 unspecified atom stereocenters. The average Bonchev–Trinajstić information content (AvgIpc) is 3.05. The predicted molar refractivity (Wildman–Crippen MR) is 169 cm³/mol. The van der Waals surface area contributed by atoms with E-state index in [1.165, 1.54) is 13.0 Å². The van der Waals surface area contributed by atoms with E-state index in [0.29, 0.717) is 0 Å². The van der Waals surface area contributed by atoms with Gasteiger partial charge in [0, 0.05) is 38.5 Å². The minimum atomic E-state index is -2.03. The molecule has 0 radical (unpaired) electrons. The maximum absolute atomic E-state index is 13.8. The molecule has 52 heavy (non-hydrogen) atoms. The van der Waals surface area contributed by atoms with Crippen LogP contribution in [0.15, 0.2) is 39.5 Å². The number of aliphatic hydroxyl groups excluding tert-OH is 3. The number of carbonyl (C=O) groups is 3. The van der Waals surface area contributed by atoms with E-state index in [-0.39, 0.29) is 11.1 Å². The fraction of sp³-hybridized carbons (Fsp3) is 0.455. The summed E-state index contributed by atoms with van der Waals surface area (Å²) in [5.41, 5.74) is -1.44. The van der Waals surface area contributed by atoms with Gasteiger partial charge in [0.1, 0.15) is 46.9 Å². The van der Waals surface area contributed by atoms with Gasteiger partial charge in [-0.1, -0.05) is 0 Å². The van der Waals surface area contributed by atoms with Crippen LogP contribution in [0.4, 0.5) is 0 Å². The lowest BCUT2D eigenvalue weighted by molar-refractivity contribution is -0.321. The van der Waals surface area contributed by atoms with Crippen LogP contribution in [0, 0.1) is 0 Å². The first-order valence-electron chi connectivity index (χ1n) is 15.7. The number of aliphatic hydroxyl groups is 3. The minimum Gasteiger partial charge on any atom is -0.508 e. The predicted octanol–water partition coefficient (Wildman–Crippen LogP) is 0.0253. The molecule has 3 heterocycles. The van der Waals surface area contributed by atoms with Crippen LogP contribution in [0.5, 0.6) is 28.7 Å². The van der Waals surface area contributed by atoms with Crippen molar-refractivity contribution >= 4 is 28.9 Å². The van der Waals surface area contributed by atoms with Crippen molar-refractivity contribution in [3.63, 3.8) is 0 Å². The number of ether oxygens (including phenoxy) is 7. The number of esters is 3. The minimum absolute atomic E-state index is 0.0626. The van der Waals surface area contributed by atoms with Gasteiger partial charge < -0.3 is 73.3 Å². The summed E-state index contributed by atoms with van der Waals surface area (Å²) in [6, 6.07) is 5.16. The van der Waals surface area contributed by atoms with E-state index in [0.717, 1.165) is 45.0 Å². The zero-order valence-corrected chi connectivity index (χ0v) is 27.9. The molecule has 2 aliphatic rings. The Morgan fingerprint density at radius 1 is 0.731 bits per heavy atom. The lowest BCUT2D eigenvalue weighted by atomic mass is 9.98. The van der Waals surface area contributed by atoms with Gasteiger partial charge in [0.05, 0.1) is 12.7 Å². The third-order valence-corrected chi connectivity index (χ3v) is 8.12. The smallest absolute Gasteiger partial charge is 0.303 e. The molecule has 5 rings (SSSR count). The molecular formula is C33H36O19. The first kappa shape index (κ1) is 38.1. The molecule has 2 saturated heterocycles. The largest absolute Gasteiger partial charge is 0.508 e. The molecule has 19 heteroatoms. The lowest BCUT2D eigenvalue weighted by Crippen LogP contribution is -2.63. The summed E-state index contributed by atoms with van der Waals surface area (Å²) in [7, 11) is 0. The highest BCUT2D eigenvalue weighted by molar-refractivity contribution is 5.88. The van der Waals surface area contributed by atoms with Crippen LogP contribution in [0.1, 0.15) is 27.7 Å². The van der Waals surface area contributed by atoms with Crippen molar-refractivity contribution in [1.82, 2.24) is 0 Å². The van der Waals surface area contributed by atoms with Gasteiger partial charge in [0.25, 0.3) is 0 Å². The number of phenolic OH excluding ortho intramolecular Hbond substituents is 4. The van der Waals surface area contributed by atoms with Crippen molar-refractivity contribution in [2.24, 2.45) is 0 Å². The zero-order valence-electron chi connectivity index (χ0n) is 27.9. The van der Waals surface area contributed by atoms with Crippen LogP contribution < -0.4 is 10.2 Å². The second-order valence-electron chi connectivity index (χ2n) is 12.0. The first-order valence-corrected chi connectivity index (χ1v) is 15.7. The molecule has 2 aliphatic heterocycles. The second-order valence-corrected chi connectivity index (χ2v) is 12.0. The maximum Gasteiger partial charge on any atom is 0.303 e. The highest BCUT2D eigenvalue weighted by atomic mass is 16.7. The number of hydrogen-bond donors (Lipinski definition) is 7. The third-order valence-electron chi connectivity index (χ3n) is 8.12. The quantitative estimate of drug-likeness (QED) is 0.0866. The summed E-state index contributed by atoms with van der Waals surface area (Å²) in [6.45, 7) is 4.00. The van der Waals surface area contributed by atoms with E-state index < -0.39 is 131 Å². The van der Waals surface area contributed by atoms with Gasteiger partial charge >= 0.3 is 17.9 Å². The molecule has 0 saturated carbocycles. The van der Waals surface area contributed by atoms with Crippen molar-refractivity contribution in [2.45, 2.75) is 89.1 Å². The molecule has 1 aromatic heterocycles. The van der Waals surface area contributed by atoms with Crippen molar-refractivity contribution in [1.29, 1.82) is 0 Å². The molecule has 282 valence electrons. The number of hydrogen-bond acceptors (Lipinski definition) is 19. The Labute approximate surface area is 293 Å². The molecule has 3 aromatic rings. The Morgan fingerprint density at radius 3 is 2.00 bits per heavy atom. The molecule has 2 fully saturated rings. The first-order chi connectivity index (χ1) is 24.5. The molecule has 2 aromatic carbocycles. The summed E-state index contributed by atoms with van der Waals surface area (Å²) < 4.78 is 44.8. The van der Waals surface area contributed by atoms with Gasteiger partial charge in [-0.25, -0.2) is 0 Å². The van der Waals surface area contributed by atoms with Crippen LogP contribution in [-0.2, 0) is 42.8 Å². The van der Waals surface area contributed by atoms with E-state index in [9.17, 15) is 54.9 Å². The van der Waals surface area contributed by atoms with Crippen LogP contribution in [0.2, 0.25) is 0 Å².